The van der Waals surface area contributed by atoms with Gasteiger partial charge in [-0.05, 0) is 32.1 Å². The molecule has 3 atom stereocenters. The lowest BCUT2D eigenvalue weighted by molar-refractivity contribution is -0.144. The van der Waals surface area contributed by atoms with Crippen LogP contribution in [0.25, 0.3) is 0 Å². The standard InChI is InChI=1S/C27H48N6O14/c1-44-12-13-46-16-23(36)30-10-11-45-14-15-47-17-24(37)32-19(26(40)41)6-8-22(35)31-18(25(38)39)5-7-21(34)29-9-3-2-4-20(33-28)27(42)43/h18-20,33H,2-17,28H2,1H3,(H,29,34)(H,30,36)(H,31,35)(H,32,37)(H,38,39)(H,40,41)(H,42,43)/t18-,19-,20?/m0/s1. The second kappa shape index (κ2) is 27.2. The van der Waals surface area contributed by atoms with Gasteiger partial charge in [0.1, 0.15) is 31.3 Å². The van der Waals surface area contributed by atoms with Gasteiger partial charge in [0.05, 0.1) is 33.0 Å². The number of carboxylic acids is 3. The highest BCUT2D eigenvalue weighted by molar-refractivity contribution is 5.86. The minimum Gasteiger partial charge on any atom is -0.480 e. The Balaban J connectivity index is 4.25. The van der Waals surface area contributed by atoms with Crippen molar-refractivity contribution in [2.75, 3.05) is 66.4 Å². The Bertz CT molecular complexity index is 986. The fourth-order valence-corrected chi connectivity index (χ4v) is 3.64. The minimum atomic E-state index is -1.45. The van der Waals surface area contributed by atoms with E-state index in [1.165, 1.54) is 7.11 Å². The zero-order valence-electron chi connectivity index (χ0n) is 26.5. The van der Waals surface area contributed by atoms with Crippen LogP contribution in [0.5, 0.6) is 0 Å². The van der Waals surface area contributed by atoms with E-state index in [1.807, 2.05) is 0 Å². The first-order valence-corrected chi connectivity index (χ1v) is 14.9. The zero-order valence-corrected chi connectivity index (χ0v) is 26.5. The van der Waals surface area contributed by atoms with E-state index >= 15 is 0 Å². The number of nitrogens with two attached hydrogens (primary N) is 1. The van der Waals surface area contributed by atoms with Crippen molar-refractivity contribution in [3.8, 4) is 0 Å². The summed E-state index contributed by atoms with van der Waals surface area (Å²) in [4.78, 5) is 81.9. The van der Waals surface area contributed by atoms with Crippen LogP contribution in [0.1, 0.15) is 44.9 Å². The summed E-state index contributed by atoms with van der Waals surface area (Å²) in [5, 5.41) is 37.3. The van der Waals surface area contributed by atoms with Gasteiger partial charge in [-0.3, -0.25) is 29.8 Å². The molecule has 0 spiro atoms. The minimum absolute atomic E-state index is 0.00988. The van der Waals surface area contributed by atoms with Crippen LogP contribution in [0.4, 0.5) is 0 Å². The van der Waals surface area contributed by atoms with Crippen LogP contribution < -0.4 is 32.5 Å². The fourth-order valence-electron chi connectivity index (χ4n) is 3.64. The number of hydrazine groups is 1. The van der Waals surface area contributed by atoms with Gasteiger partial charge in [-0.15, -0.1) is 0 Å². The number of hydrogen-bond acceptors (Lipinski definition) is 13. The maximum absolute atomic E-state index is 12.3. The number of carboxylic acid groups (broad SMARTS) is 3. The molecule has 0 saturated heterocycles. The van der Waals surface area contributed by atoms with Crippen molar-refractivity contribution < 1.29 is 67.8 Å². The average Bonchev–Trinajstić information content (AvgIpc) is 3.01. The molecule has 0 heterocycles. The molecule has 0 bridgehead atoms. The van der Waals surface area contributed by atoms with Crippen LogP contribution in [-0.4, -0.2) is 141 Å². The van der Waals surface area contributed by atoms with Crippen molar-refractivity contribution in [3.63, 3.8) is 0 Å². The number of methoxy groups -OCH3 is 1. The molecule has 0 aromatic carbocycles. The highest BCUT2D eigenvalue weighted by atomic mass is 16.5. The molecule has 270 valence electrons. The molecule has 0 aromatic heterocycles. The van der Waals surface area contributed by atoms with Gasteiger partial charge in [-0.2, -0.15) is 0 Å². The summed E-state index contributed by atoms with van der Waals surface area (Å²) in [6, 6.07) is -3.77. The molecule has 0 saturated carbocycles. The van der Waals surface area contributed by atoms with Crippen LogP contribution in [0, 0.1) is 0 Å². The summed E-state index contributed by atoms with van der Waals surface area (Å²) in [5.74, 6) is -1.09. The van der Waals surface area contributed by atoms with E-state index in [2.05, 4.69) is 26.7 Å². The molecule has 0 aliphatic heterocycles. The first kappa shape index (κ1) is 43.0. The predicted octanol–water partition coefficient (Wildman–Crippen LogP) is -3.30. The molecule has 10 N–H and O–H groups in total. The number of carbonyl (C=O) groups is 7. The van der Waals surface area contributed by atoms with Gasteiger partial charge in [0.2, 0.25) is 23.6 Å². The fraction of sp³-hybridized carbons (Fsp3) is 0.741. The molecule has 0 aliphatic rings. The second-order valence-electron chi connectivity index (χ2n) is 9.96. The maximum atomic E-state index is 12.3. The molecule has 0 fully saturated rings. The molecule has 20 nitrogen and oxygen atoms in total. The van der Waals surface area contributed by atoms with E-state index < -0.39 is 66.8 Å². The Kier molecular flexibility index (Phi) is 24.9. The van der Waals surface area contributed by atoms with Crippen molar-refractivity contribution in [2.45, 2.75) is 63.1 Å². The third-order valence-electron chi connectivity index (χ3n) is 6.17. The SMILES string of the molecule is COCCOCC(=O)NCCOCCOCC(=O)N[C@@H](CCC(=O)N[C@@H](CCC(=O)NCCCCC(NN)C(=O)O)C(=O)O)C(=O)O. The summed E-state index contributed by atoms with van der Waals surface area (Å²) >= 11 is 0. The molecular formula is C27H48N6O14. The van der Waals surface area contributed by atoms with Gasteiger partial charge in [-0.1, -0.05) is 0 Å². The zero-order chi connectivity index (χ0) is 35.5. The van der Waals surface area contributed by atoms with Gasteiger partial charge in [0.15, 0.2) is 0 Å². The number of hydrogen-bond donors (Lipinski definition) is 9. The Hall–Kier alpha value is -3.95. The molecule has 0 aromatic rings. The van der Waals surface area contributed by atoms with Crippen molar-refractivity contribution in [3.05, 3.63) is 0 Å². The van der Waals surface area contributed by atoms with Crippen LogP contribution in [0.3, 0.4) is 0 Å². The Morgan fingerprint density at radius 3 is 1.66 bits per heavy atom. The largest absolute Gasteiger partial charge is 0.480 e. The molecule has 20 heteroatoms. The summed E-state index contributed by atoms with van der Waals surface area (Å²) in [5.41, 5.74) is 2.17. The van der Waals surface area contributed by atoms with Crippen molar-refractivity contribution in [1.29, 1.82) is 0 Å². The first-order valence-electron chi connectivity index (χ1n) is 14.9. The third kappa shape index (κ3) is 24.0. The van der Waals surface area contributed by atoms with Crippen molar-refractivity contribution in [1.82, 2.24) is 26.7 Å². The second-order valence-corrected chi connectivity index (χ2v) is 9.96. The van der Waals surface area contributed by atoms with Crippen LogP contribution >= 0.6 is 0 Å². The average molecular weight is 681 g/mol. The lowest BCUT2D eigenvalue weighted by Crippen LogP contribution is -2.45. The number of ether oxygens (including phenoxy) is 4. The van der Waals surface area contributed by atoms with E-state index in [0.717, 1.165) is 0 Å². The van der Waals surface area contributed by atoms with Gasteiger partial charge in [-0.25, -0.2) is 15.0 Å². The van der Waals surface area contributed by atoms with Crippen LogP contribution in [0.15, 0.2) is 0 Å². The quantitative estimate of drug-likeness (QED) is 0.0204. The normalized spacial score (nSPS) is 12.7. The smallest absolute Gasteiger partial charge is 0.326 e. The number of aliphatic carboxylic acids is 3. The van der Waals surface area contributed by atoms with E-state index in [0.29, 0.717) is 26.1 Å². The molecule has 1 unspecified atom stereocenters. The highest BCUT2D eigenvalue weighted by Crippen LogP contribution is 2.04. The summed E-state index contributed by atoms with van der Waals surface area (Å²) in [6.45, 7) is 0.845. The van der Waals surface area contributed by atoms with Crippen LogP contribution in [-0.2, 0) is 52.5 Å². The van der Waals surface area contributed by atoms with Gasteiger partial charge in [0.25, 0.3) is 0 Å². The first-order chi connectivity index (χ1) is 22.4. The maximum Gasteiger partial charge on any atom is 0.326 e. The topological polar surface area (TPSA) is 303 Å². The number of amides is 4. The molecule has 47 heavy (non-hydrogen) atoms. The summed E-state index contributed by atoms with van der Waals surface area (Å²) in [7, 11) is 1.52. The molecule has 0 rings (SSSR count). The summed E-state index contributed by atoms with van der Waals surface area (Å²) in [6.07, 6.45) is -0.0341. The van der Waals surface area contributed by atoms with E-state index in [-0.39, 0.29) is 71.1 Å². The van der Waals surface area contributed by atoms with Crippen molar-refractivity contribution >= 4 is 41.5 Å². The van der Waals surface area contributed by atoms with Crippen molar-refractivity contribution in [2.24, 2.45) is 5.84 Å². The Morgan fingerprint density at radius 2 is 1.09 bits per heavy atom. The van der Waals surface area contributed by atoms with E-state index in [1.54, 1.807) is 0 Å². The number of unbranched alkanes of at least 4 members (excludes halogenated alkanes) is 1. The monoisotopic (exact) mass is 680 g/mol. The van der Waals surface area contributed by atoms with Gasteiger partial charge >= 0.3 is 17.9 Å². The molecule has 0 aliphatic carbocycles. The Morgan fingerprint density at radius 1 is 0.574 bits per heavy atom. The predicted molar refractivity (Wildman–Crippen MR) is 161 cm³/mol. The lowest BCUT2D eigenvalue weighted by atomic mass is 10.1. The Labute approximate surface area is 271 Å². The lowest BCUT2D eigenvalue weighted by Gasteiger charge is -2.17. The van der Waals surface area contributed by atoms with E-state index in [9.17, 15) is 43.8 Å². The molecule has 4 amide bonds. The third-order valence-corrected chi connectivity index (χ3v) is 6.17. The van der Waals surface area contributed by atoms with Gasteiger partial charge < -0.3 is 55.5 Å². The van der Waals surface area contributed by atoms with Crippen LogP contribution in [0.2, 0.25) is 0 Å². The van der Waals surface area contributed by atoms with E-state index in [4.69, 9.17) is 29.9 Å². The van der Waals surface area contributed by atoms with Gasteiger partial charge in [0, 0.05) is 33.0 Å². The molecular weight excluding hydrogens is 632 g/mol. The molecule has 0 radical (unpaired) electrons. The summed E-state index contributed by atoms with van der Waals surface area (Å²) < 4.78 is 20.2. The number of carbonyl (C=O) groups excluding carboxylic acids is 4. The number of rotatable bonds is 30. The number of nitrogens with one attached hydrogen (secondary N) is 5. The highest BCUT2D eigenvalue weighted by Gasteiger charge is 2.24.